The Balaban J connectivity index is 1.33. The van der Waals surface area contributed by atoms with E-state index in [9.17, 15) is 0 Å². The first-order chi connectivity index (χ1) is 19.7. The predicted octanol–water partition coefficient (Wildman–Crippen LogP) is 9.13. The second kappa shape index (κ2) is 9.04. The summed E-state index contributed by atoms with van der Waals surface area (Å²) in [5, 5.41) is 4.58. The fourth-order valence-corrected chi connectivity index (χ4v) is 6.49. The minimum atomic E-state index is 0.958. The molecule has 0 atom stereocenters. The van der Waals surface area contributed by atoms with Crippen molar-refractivity contribution >= 4 is 44.2 Å². The van der Waals surface area contributed by atoms with E-state index in [4.69, 9.17) is 4.98 Å². The van der Waals surface area contributed by atoms with Gasteiger partial charge in [-0.1, -0.05) is 60.7 Å². The van der Waals surface area contributed by atoms with Gasteiger partial charge in [0.25, 0.3) is 0 Å². The number of para-hydroxylation sites is 1. The molecule has 0 amide bonds. The fourth-order valence-electron chi connectivity index (χ4n) is 5.77. The zero-order chi connectivity index (χ0) is 26.6. The van der Waals surface area contributed by atoms with Gasteiger partial charge in [0.2, 0.25) is 0 Å². The van der Waals surface area contributed by atoms with Crippen LogP contribution in [0.15, 0.2) is 127 Å². The van der Waals surface area contributed by atoms with Crippen molar-refractivity contribution in [2.45, 2.75) is 0 Å². The molecule has 5 heteroatoms. The lowest BCUT2D eigenvalue weighted by Gasteiger charge is -2.11. The van der Waals surface area contributed by atoms with E-state index in [2.05, 4.69) is 130 Å². The topological polar surface area (TPSA) is 35.6 Å². The van der Waals surface area contributed by atoms with Crippen LogP contribution in [0, 0.1) is 0 Å². The molecule has 190 valence electrons. The van der Waals surface area contributed by atoms with Gasteiger partial charge < -0.3 is 9.13 Å². The van der Waals surface area contributed by atoms with Crippen molar-refractivity contribution in [2.24, 2.45) is 7.05 Å². The molecule has 4 aromatic heterocycles. The number of aromatic nitrogens is 4. The average molecular weight is 533 g/mol. The maximum absolute atomic E-state index is 5.07. The smallest absolute Gasteiger partial charge is 0.140 e. The normalized spacial score (nSPS) is 11.6. The first kappa shape index (κ1) is 22.9. The summed E-state index contributed by atoms with van der Waals surface area (Å²) in [6.45, 7) is 0. The van der Waals surface area contributed by atoms with Crippen molar-refractivity contribution in [3.8, 4) is 38.8 Å². The van der Waals surface area contributed by atoms with E-state index < -0.39 is 0 Å². The van der Waals surface area contributed by atoms with E-state index in [1.165, 1.54) is 26.7 Å². The van der Waals surface area contributed by atoms with Crippen LogP contribution in [-0.4, -0.2) is 19.1 Å². The number of imidazole rings is 1. The number of aryl methyl sites for hydroxylation is 1. The van der Waals surface area contributed by atoms with Crippen molar-refractivity contribution in [3.05, 3.63) is 127 Å². The number of thiophene rings is 1. The minimum absolute atomic E-state index is 0.958. The Hall–Kier alpha value is -5.00. The fraction of sp³-hybridized carbons (Fsp3) is 0.0286. The third-order valence-electron chi connectivity index (χ3n) is 7.68. The van der Waals surface area contributed by atoms with Crippen LogP contribution in [0.2, 0.25) is 0 Å². The van der Waals surface area contributed by atoms with Gasteiger partial charge >= 0.3 is 0 Å². The molecular weight excluding hydrogens is 508 g/mol. The molecule has 0 saturated heterocycles. The molecule has 0 radical (unpaired) electrons. The molecule has 8 rings (SSSR count). The molecule has 4 aromatic carbocycles. The molecule has 40 heavy (non-hydrogen) atoms. The van der Waals surface area contributed by atoms with Gasteiger partial charge in [0.15, 0.2) is 0 Å². The summed E-state index contributed by atoms with van der Waals surface area (Å²) in [4.78, 5) is 10.9. The molecule has 0 bridgehead atoms. The number of hydrogen-bond acceptors (Lipinski definition) is 3. The van der Waals surface area contributed by atoms with Crippen LogP contribution in [0.3, 0.4) is 0 Å². The molecule has 0 saturated carbocycles. The molecule has 8 aromatic rings. The highest BCUT2D eigenvalue weighted by molar-refractivity contribution is 7.13. The maximum atomic E-state index is 5.07. The van der Waals surface area contributed by atoms with Crippen molar-refractivity contribution in [1.82, 2.24) is 19.1 Å². The molecule has 0 fully saturated rings. The molecule has 4 heterocycles. The number of benzene rings is 4. The number of fused-ring (bicyclic) bond motifs is 4. The summed E-state index contributed by atoms with van der Waals surface area (Å²) in [6, 6.07) is 40.8. The highest BCUT2D eigenvalue weighted by Gasteiger charge is 2.17. The van der Waals surface area contributed by atoms with Crippen LogP contribution >= 0.6 is 11.3 Å². The molecule has 0 aliphatic carbocycles. The van der Waals surface area contributed by atoms with Gasteiger partial charge in [-0.2, -0.15) is 0 Å². The van der Waals surface area contributed by atoms with Gasteiger partial charge in [0.05, 0.1) is 27.8 Å². The Kier molecular flexibility index (Phi) is 5.18. The highest BCUT2D eigenvalue weighted by Crippen LogP contribution is 2.36. The third-order valence-corrected chi connectivity index (χ3v) is 8.60. The summed E-state index contributed by atoms with van der Waals surface area (Å²) in [5.41, 5.74) is 9.95. The molecule has 0 N–H and O–H groups in total. The van der Waals surface area contributed by atoms with E-state index in [1.807, 2.05) is 18.3 Å². The Morgan fingerprint density at radius 1 is 0.625 bits per heavy atom. The zero-order valence-electron chi connectivity index (χ0n) is 21.8. The summed E-state index contributed by atoms with van der Waals surface area (Å²) in [5.74, 6) is 0.958. The van der Waals surface area contributed by atoms with Crippen LogP contribution in [0.4, 0.5) is 0 Å². The lowest BCUT2D eigenvalue weighted by atomic mass is 10.1. The Morgan fingerprint density at radius 2 is 1.48 bits per heavy atom. The Morgan fingerprint density at radius 3 is 2.35 bits per heavy atom. The van der Waals surface area contributed by atoms with Crippen molar-refractivity contribution in [1.29, 1.82) is 0 Å². The van der Waals surface area contributed by atoms with Gasteiger partial charge in [0, 0.05) is 45.7 Å². The van der Waals surface area contributed by atoms with Gasteiger partial charge in [-0.05, 0) is 65.5 Å². The Labute approximate surface area is 235 Å². The van der Waals surface area contributed by atoms with E-state index >= 15 is 0 Å². The van der Waals surface area contributed by atoms with E-state index in [1.54, 1.807) is 11.3 Å². The van der Waals surface area contributed by atoms with E-state index in [0.717, 1.165) is 44.9 Å². The average Bonchev–Trinajstić information content (AvgIpc) is 3.74. The number of nitrogens with zero attached hydrogens (tertiary/aromatic N) is 4. The molecular formula is C35H24N4S. The quantitative estimate of drug-likeness (QED) is 0.227. The van der Waals surface area contributed by atoms with Crippen LogP contribution in [-0.2, 0) is 7.05 Å². The van der Waals surface area contributed by atoms with Crippen LogP contribution in [0.25, 0.3) is 71.6 Å². The van der Waals surface area contributed by atoms with Crippen LogP contribution in [0.5, 0.6) is 0 Å². The van der Waals surface area contributed by atoms with Crippen LogP contribution in [0.1, 0.15) is 0 Å². The highest BCUT2D eigenvalue weighted by atomic mass is 32.1. The molecule has 4 nitrogen and oxygen atoms in total. The van der Waals surface area contributed by atoms with Gasteiger partial charge in [-0.3, -0.25) is 4.98 Å². The largest absolute Gasteiger partial charge is 0.327 e. The Bertz CT molecular complexity index is 2170. The lowest BCUT2D eigenvalue weighted by molar-refractivity contribution is 0.959. The van der Waals surface area contributed by atoms with E-state index in [-0.39, 0.29) is 0 Å². The third kappa shape index (κ3) is 3.59. The zero-order valence-corrected chi connectivity index (χ0v) is 22.6. The summed E-state index contributed by atoms with van der Waals surface area (Å²) < 4.78 is 4.57. The van der Waals surface area contributed by atoms with Gasteiger partial charge in [-0.25, -0.2) is 4.98 Å². The van der Waals surface area contributed by atoms with Crippen LogP contribution < -0.4 is 0 Å². The monoisotopic (exact) mass is 532 g/mol. The van der Waals surface area contributed by atoms with Gasteiger partial charge in [-0.15, -0.1) is 11.3 Å². The maximum Gasteiger partial charge on any atom is 0.140 e. The predicted molar refractivity (Wildman–Crippen MR) is 167 cm³/mol. The second-order valence-corrected chi connectivity index (χ2v) is 11.0. The summed E-state index contributed by atoms with van der Waals surface area (Å²) in [7, 11) is 2.11. The first-order valence-corrected chi connectivity index (χ1v) is 14.2. The first-order valence-electron chi connectivity index (χ1n) is 13.3. The molecule has 0 spiro atoms. The van der Waals surface area contributed by atoms with Crippen molar-refractivity contribution in [3.63, 3.8) is 0 Å². The summed E-state index contributed by atoms with van der Waals surface area (Å²) in [6.07, 6.45) is 1.84. The van der Waals surface area contributed by atoms with Gasteiger partial charge in [0.1, 0.15) is 5.82 Å². The standard InChI is InChI=1S/C35H24N4S/c1-38-33-21-24(34-13-7-19-40-34)15-17-30(33)37-35(38)25-14-16-28-27-10-2-3-12-31(27)39(32(28)22-25)26-9-6-8-23(20-26)29-11-4-5-18-36-29/h2-22H,1H3. The minimum Gasteiger partial charge on any atom is -0.327 e. The van der Waals surface area contributed by atoms with Crippen molar-refractivity contribution in [2.75, 3.05) is 0 Å². The number of rotatable bonds is 4. The summed E-state index contributed by atoms with van der Waals surface area (Å²) >= 11 is 1.76. The van der Waals surface area contributed by atoms with E-state index in [0.29, 0.717) is 0 Å². The number of pyridine rings is 1. The lowest BCUT2D eigenvalue weighted by Crippen LogP contribution is -1.96. The SMILES string of the molecule is Cn1c(-c2ccc3c4ccccc4n(-c4cccc(-c5ccccn5)c4)c3c2)nc2ccc(-c3cccs3)cc21. The molecule has 0 aliphatic rings. The molecule has 0 unspecified atom stereocenters. The second-order valence-electron chi connectivity index (χ2n) is 10.0. The van der Waals surface area contributed by atoms with Crippen molar-refractivity contribution < 1.29 is 0 Å². The molecule has 0 aliphatic heterocycles. The number of hydrogen-bond donors (Lipinski definition) is 0.